The van der Waals surface area contributed by atoms with Crippen molar-refractivity contribution in [2.24, 2.45) is 0 Å². The fraction of sp³-hybridized carbons (Fsp3) is 0.143. The number of carboxylic acids is 1. The lowest BCUT2D eigenvalue weighted by Gasteiger charge is -2.24. The van der Waals surface area contributed by atoms with Crippen molar-refractivity contribution in [2.45, 2.75) is 6.04 Å². The predicted octanol–water partition coefficient (Wildman–Crippen LogP) is 1.61. The summed E-state index contributed by atoms with van der Waals surface area (Å²) in [5, 5.41) is 9.56. The molecule has 0 bridgehead atoms. The lowest BCUT2D eigenvalue weighted by molar-refractivity contribution is -0.138. The van der Waals surface area contributed by atoms with Crippen LogP contribution >= 0.6 is 0 Å². The third-order valence-electron chi connectivity index (χ3n) is 3.25. The van der Waals surface area contributed by atoms with Crippen molar-refractivity contribution in [1.29, 1.82) is 0 Å². The van der Waals surface area contributed by atoms with Crippen molar-refractivity contribution in [3.8, 4) is 0 Å². The van der Waals surface area contributed by atoms with E-state index >= 15 is 0 Å². The van der Waals surface area contributed by atoms with Gasteiger partial charge in [-0.2, -0.15) is 0 Å². The van der Waals surface area contributed by atoms with Crippen LogP contribution in [-0.4, -0.2) is 38.1 Å². The van der Waals surface area contributed by atoms with E-state index in [1.54, 1.807) is 50.0 Å². The monoisotopic (exact) mass is 283 g/mol. The van der Waals surface area contributed by atoms with Crippen LogP contribution in [0.4, 0.5) is 5.95 Å². The Morgan fingerprint density at radius 2 is 2.05 bits per heavy atom. The number of imidazole rings is 1. The van der Waals surface area contributed by atoms with Crippen LogP contribution in [0.3, 0.4) is 0 Å². The Bertz CT molecular complexity index is 771. The SMILES string of the molecule is CN(c1ncccn1)C(C(=O)O)c1ccc2nc[nH]c2c1. The molecule has 1 unspecified atom stereocenters. The van der Waals surface area contributed by atoms with E-state index in [4.69, 9.17) is 0 Å². The van der Waals surface area contributed by atoms with Gasteiger partial charge in [-0.1, -0.05) is 6.07 Å². The maximum absolute atomic E-state index is 11.7. The first-order chi connectivity index (χ1) is 10.2. The maximum Gasteiger partial charge on any atom is 0.331 e. The Hall–Kier alpha value is -2.96. The minimum absolute atomic E-state index is 0.356. The van der Waals surface area contributed by atoms with Crippen LogP contribution in [0.15, 0.2) is 43.0 Å². The predicted molar refractivity (Wildman–Crippen MR) is 76.9 cm³/mol. The third kappa shape index (κ3) is 2.40. The molecule has 3 rings (SSSR count). The van der Waals surface area contributed by atoms with E-state index in [9.17, 15) is 9.90 Å². The number of anilines is 1. The summed E-state index contributed by atoms with van der Waals surface area (Å²) in [6.07, 6.45) is 4.74. The zero-order chi connectivity index (χ0) is 14.8. The van der Waals surface area contributed by atoms with Crippen LogP contribution in [0.1, 0.15) is 11.6 Å². The van der Waals surface area contributed by atoms with Gasteiger partial charge in [-0.25, -0.2) is 19.7 Å². The van der Waals surface area contributed by atoms with E-state index in [1.807, 2.05) is 0 Å². The molecule has 7 heteroatoms. The molecule has 7 nitrogen and oxygen atoms in total. The molecule has 0 radical (unpaired) electrons. The number of hydrogen-bond acceptors (Lipinski definition) is 5. The summed E-state index contributed by atoms with van der Waals surface area (Å²) < 4.78 is 0. The third-order valence-corrected chi connectivity index (χ3v) is 3.25. The Kier molecular flexibility index (Phi) is 3.23. The van der Waals surface area contributed by atoms with Crippen LogP contribution in [0.2, 0.25) is 0 Å². The molecule has 0 aliphatic carbocycles. The highest BCUT2D eigenvalue weighted by Crippen LogP contribution is 2.25. The number of aromatic amines is 1. The second-order valence-electron chi connectivity index (χ2n) is 4.58. The van der Waals surface area contributed by atoms with Gasteiger partial charge in [-0.05, 0) is 23.8 Å². The van der Waals surface area contributed by atoms with Gasteiger partial charge < -0.3 is 15.0 Å². The van der Waals surface area contributed by atoms with Crippen LogP contribution in [0.25, 0.3) is 11.0 Å². The first-order valence-corrected chi connectivity index (χ1v) is 6.32. The fourth-order valence-corrected chi connectivity index (χ4v) is 2.24. The van der Waals surface area contributed by atoms with Gasteiger partial charge in [0, 0.05) is 19.4 Å². The van der Waals surface area contributed by atoms with E-state index in [1.165, 1.54) is 4.90 Å². The number of nitrogens with one attached hydrogen (secondary N) is 1. The molecule has 0 amide bonds. The van der Waals surface area contributed by atoms with Crippen LogP contribution in [0, 0.1) is 0 Å². The lowest BCUT2D eigenvalue weighted by atomic mass is 10.1. The Morgan fingerprint density at radius 3 is 2.76 bits per heavy atom. The number of likely N-dealkylation sites (N-methyl/N-ethyl adjacent to an activating group) is 1. The first kappa shape index (κ1) is 13.0. The van der Waals surface area contributed by atoms with E-state index in [0.29, 0.717) is 11.5 Å². The van der Waals surface area contributed by atoms with Gasteiger partial charge >= 0.3 is 5.97 Å². The van der Waals surface area contributed by atoms with Crippen molar-refractivity contribution in [3.05, 3.63) is 48.5 Å². The van der Waals surface area contributed by atoms with Crippen molar-refractivity contribution in [3.63, 3.8) is 0 Å². The molecular formula is C14H13N5O2. The first-order valence-electron chi connectivity index (χ1n) is 6.32. The fourth-order valence-electron chi connectivity index (χ4n) is 2.24. The van der Waals surface area contributed by atoms with Gasteiger partial charge in [0.25, 0.3) is 0 Å². The van der Waals surface area contributed by atoms with E-state index < -0.39 is 12.0 Å². The summed E-state index contributed by atoms with van der Waals surface area (Å²) in [6, 6.07) is 6.13. The number of aromatic nitrogens is 4. The Labute approximate surface area is 120 Å². The quantitative estimate of drug-likeness (QED) is 0.755. The molecule has 2 heterocycles. The van der Waals surface area contributed by atoms with Gasteiger partial charge in [0.15, 0.2) is 6.04 Å². The molecule has 106 valence electrons. The highest BCUT2D eigenvalue weighted by atomic mass is 16.4. The number of benzene rings is 1. The summed E-state index contributed by atoms with van der Waals surface area (Å²) in [5.74, 6) is -0.613. The van der Waals surface area contributed by atoms with Crippen molar-refractivity contribution < 1.29 is 9.90 Å². The average molecular weight is 283 g/mol. The summed E-state index contributed by atoms with van der Waals surface area (Å²) >= 11 is 0. The van der Waals surface area contributed by atoms with Gasteiger partial charge in [0.05, 0.1) is 17.4 Å². The topological polar surface area (TPSA) is 95.0 Å². The molecule has 0 aliphatic rings. The molecular weight excluding hydrogens is 270 g/mol. The summed E-state index contributed by atoms with van der Waals surface area (Å²) in [5.41, 5.74) is 2.22. The Morgan fingerprint density at radius 1 is 1.29 bits per heavy atom. The maximum atomic E-state index is 11.7. The van der Waals surface area contributed by atoms with Crippen molar-refractivity contribution >= 4 is 23.0 Å². The molecule has 2 aromatic heterocycles. The van der Waals surface area contributed by atoms with Crippen LogP contribution in [0.5, 0.6) is 0 Å². The van der Waals surface area contributed by atoms with E-state index in [0.717, 1.165) is 11.0 Å². The molecule has 0 spiro atoms. The number of rotatable bonds is 4. The number of carbonyl (C=O) groups is 1. The average Bonchev–Trinajstić information content (AvgIpc) is 2.95. The summed E-state index contributed by atoms with van der Waals surface area (Å²) in [6.45, 7) is 0. The Balaban J connectivity index is 2.03. The molecule has 0 aliphatic heterocycles. The highest BCUT2D eigenvalue weighted by molar-refractivity contribution is 5.82. The molecule has 21 heavy (non-hydrogen) atoms. The number of hydrogen-bond donors (Lipinski definition) is 2. The second kappa shape index (κ2) is 5.20. The zero-order valence-corrected chi connectivity index (χ0v) is 11.3. The minimum atomic E-state index is -0.969. The molecule has 0 saturated heterocycles. The standard InChI is InChI=1S/C14H13N5O2/c1-19(14-15-5-2-6-16-14)12(13(20)21)9-3-4-10-11(7-9)18-8-17-10/h2-8,12H,1H3,(H,17,18)(H,20,21). The summed E-state index contributed by atoms with van der Waals surface area (Å²) in [4.78, 5) is 28.5. The molecule has 3 aromatic rings. The number of carboxylic acid groups (broad SMARTS) is 1. The van der Waals surface area contributed by atoms with Crippen LogP contribution in [-0.2, 0) is 4.79 Å². The minimum Gasteiger partial charge on any atom is -0.479 e. The second-order valence-corrected chi connectivity index (χ2v) is 4.58. The van der Waals surface area contributed by atoms with Gasteiger partial charge in [-0.15, -0.1) is 0 Å². The summed E-state index contributed by atoms with van der Waals surface area (Å²) in [7, 11) is 1.66. The molecule has 0 saturated carbocycles. The number of aliphatic carboxylic acids is 1. The van der Waals surface area contributed by atoms with Crippen LogP contribution < -0.4 is 4.90 Å². The van der Waals surface area contributed by atoms with Crippen molar-refractivity contribution in [1.82, 2.24) is 19.9 Å². The largest absolute Gasteiger partial charge is 0.479 e. The lowest BCUT2D eigenvalue weighted by Crippen LogP contribution is -2.32. The smallest absolute Gasteiger partial charge is 0.331 e. The number of fused-ring (bicyclic) bond motifs is 1. The van der Waals surface area contributed by atoms with Gasteiger partial charge in [-0.3, -0.25) is 0 Å². The number of H-pyrrole nitrogens is 1. The van der Waals surface area contributed by atoms with E-state index in [2.05, 4.69) is 19.9 Å². The van der Waals surface area contributed by atoms with Crippen molar-refractivity contribution in [2.75, 3.05) is 11.9 Å². The molecule has 1 atom stereocenters. The molecule has 2 N–H and O–H groups in total. The van der Waals surface area contributed by atoms with E-state index in [-0.39, 0.29) is 0 Å². The molecule has 0 fully saturated rings. The van der Waals surface area contributed by atoms with Gasteiger partial charge in [0.1, 0.15) is 0 Å². The highest BCUT2D eigenvalue weighted by Gasteiger charge is 2.26. The normalized spacial score (nSPS) is 12.2. The van der Waals surface area contributed by atoms with Gasteiger partial charge in [0.2, 0.25) is 5.95 Å². The number of nitrogens with zero attached hydrogens (tertiary/aromatic N) is 4. The molecule has 1 aromatic carbocycles. The zero-order valence-electron chi connectivity index (χ0n) is 11.3.